The number of aryl methyl sites for hydroxylation is 1. The zero-order valence-electron chi connectivity index (χ0n) is 18.4. The first-order chi connectivity index (χ1) is 15.3. The predicted molar refractivity (Wildman–Crippen MR) is 126 cm³/mol. The number of carboxylic acid groups (broad SMARTS) is 1. The third-order valence-electron chi connectivity index (χ3n) is 4.80. The molecule has 32 heavy (non-hydrogen) atoms. The average Bonchev–Trinajstić information content (AvgIpc) is 2.75. The van der Waals surface area contributed by atoms with Crippen molar-refractivity contribution in [2.45, 2.75) is 19.8 Å². The molecule has 2 N–H and O–H groups in total. The molecule has 0 aliphatic heterocycles. The Labute approximate surface area is 187 Å². The highest BCUT2D eigenvalue weighted by atomic mass is 16.4. The smallest absolute Gasteiger partial charge is 0.308 e. The highest BCUT2D eigenvalue weighted by molar-refractivity contribution is 6.01. The summed E-state index contributed by atoms with van der Waals surface area (Å²) in [6.45, 7) is 1.80. The molecule has 0 spiro atoms. The summed E-state index contributed by atoms with van der Waals surface area (Å²) in [5.41, 5.74) is 3.92. The first kappa shape index (κ1) is 22.7. The standard InChI is InChI=1S/C25H26N4O3/c1-17-21(16-24(31)32)25(29(2)3)28-22(26-17)15-19-9-12-20(13-10-19)27-23(30)14-11-18-7-5-4-6-8-18/h4-14H,15-16H2,1-3H3,(H,27,30)(H,31,32). The average molecular weight is 431 g/mol. The molecule has 1 aromatic heterocycles. The number of aliphatic carboxylic acids is 1. The molecule has 0 unspecified atom stereocenters. The predicted octanol–water partition coefficient (Wildman–Crippen LogP) is 3.72. The van der Waals surface area contributed by atoms with Gasteiger partial charge in [-0.3, -0.25) is 9.59 Å². The number of nitrogens with one attached hydrogen (secondary N) is 1. The van der Waals surface area contributed by atoms with Crippen LogP contribution in [0.25, 0.3) is 6.08 Å². The van der Waals surface area contributed by atoms with E-state index in [1.807, 2.05) is 68.7 Å². The topological polar surface area (TPSA) is 95.4 Å². The van der Waals surface area contributed by atoms with Crippen molar-refractivity contribution in [3.8, 4) is 0 Å². The van der Waals surface area contributed by atoms with Gasteiger partial charge in [-0.25, -0.2) is 9.97 Å². The normalized spacial score (nSPS) is 10.8. The maximum absolute atomic E-state index is 12.1. The zero-order chi connectivity index (χ0) is 23.1. The number of hydrogen-bond donors (Lipinski definition) is 2. The summed E-state index contributed by atoms with van der Waals surface area (Å²) in [6, 6.07) is 17.1. The highest BCUT2D eigenvalue weighted by Crippen LogP contribution is 2.21. The van der Waals surface area contributed by atoms with Crippen LogP contribution in [0.1, 0.15) is 28.2 Å². The number of hydrogen-bond acceptors (Lipinski definition) is 5. The van der Waals surface area contributed by atoms with Gasteiger partial charge in [0.25, 0.3) is 0 Å². The monoisotopic (exact) mass is 430 g/mol. The van der Waals surface area contributed by atoms with Crippen LogP contribution in [-0.4, -0.2) is 41.0 Å². The Morgan fingerprint density at radius 2 is 1.72 bits per heavy atom. The van der Waals surface area contributed by atoms with Crippen molar-refractivity contribution in [2.24, 2.45) is 0 Å². The van der Waals surface area contributed by atoms with Crippen LogP contribution in [-0.2, 0) is 22.4 Å². The van der Waals surface area contributed by atoms with Crippen LogP contribution >= 0.6 is 0 Å². The largest absolute Gasteiger partial charge is 0.481 e. The van der Waals surface area contributed by atoms with E-state index in [9.17, 15) is 14.7 Å². The summed E-state index contributed by atoms with van der Waals surface area (Å²) in [7, 11) is 3.67. The molecule has 1 heterocycles. The second kappa shape index (κ2) is 10.3. The van der Waals surface area contributed by atoms with E-state index in [-0.39, 0.29) is 12.3 Å². The molecular formula is C25H26N4O3. The van der Waals surface area contributed by atoms with Crippen molar-refractivity contribution in [2.75, 3.05) is 24.3 Å². The third-order valence-corrected chi connectivity index (χ3v) is 4.80. The van der Waals surface area contributed by atoms with Gasteiger partial charge in [-0.1, -0.05) is 42.5 Å². The number of benzene rings is 2. The van der Waals surface area contributed by atoms with Gasteiger partial charge in [0.1, 0.15) is 11.6 Å². The number of carbonyl (C=O) groups excluding carboxylic acids is 1. The lowest BCUT2D eigenvalue weighted by Crippen LogP contribution is -2.18. The fourth-order valence-electron chi connectivity index (χ4n) is 3.25. The third kappa shape index (κ3) is 6.25. The molecule has 0 atom stereocenters. The van der Waals surface area contributed by atoms with E-state index in [4.69, 9.17) is 0 Å². The van der Waals surface area contributed by atoms with Crippen molar-refractivity contribution in [3.05, 3.63) is 88.9 Å². The highest BCUT2D eigenvalue weighted by Gasteiger charge is 2.16. The van der Waals surface area contributed by atoms with Gasteiger partial charge >= 0.3 is 5.97 Å². The van der Waals surface area contributed by atoms with E-state index in [1.165, 1.54) is 6.08 Å². The van der Waals surface area contributed by atoms with Gasteiger partial charge in [-0.15, -0.1) is 0 Å². The first-order valence-corrected chi connectivity index (χ1v) is 10.2. The van der Waals surface area contributed by atoms with Crippen LogP contribution in [0.5, 0.6) is 0 Å². The molecule has 0 radical (unpaired) electrons. The number of aromatic nitrogens is 2. The molecule has 2 aromatic carbocycles. The zero-order valence-corrected chi connectivity index (χ0v) is 18.4. The van der Waals surface area contributed by atoms with Crippen molar-refractivity contribution in [1.29, 1.82) is 0 Å². The molecule has 7 heteroatoms. The SMILES string of the molecule is Cc1nc(Cc2ccc(NC(=O)C=Cc3ccccc3)cc2)nc(N(C)C)c1CC(=O)O. The van der Waals surface area contributed by atoms with Gasteiger partial charge in [0.05, 0.1) is 6.42 Å². The Balaban J connectivity index is 1.68. The number of anilines is 2. The summed E-state index contributed by atoms with van der Waals surface area (Å²) in [5, 5.41) is 12.0. The Kier molecular flexibility index (Phi) is 7.33. The molecule has 7 nitrogen and oxygen atoms in total. The molecule has 164 valence electrons. The summed E-state index contributed by atoms with van der Waals surface area (Å²) < 4.78 is 0. The van der Waals surface area contributed by atoms with E-state index in [1.54, 1.807) is 17.9 Å². The Morgan fingerprint density at radius 1 is 1.03 bits per heavy atom. The van der Waals surface area contributed by atoms with E-state index in [0.29, 0.717) is 35.0 Å². The number of rotatable bonds is 8. The first-order valence-electron chi connectivity index (χ1n) is 10.2. The second-order valence-electron chi connectivity index (χ2n) is 7.60. The second-order valence-corrected chi connectivity index (χ2v) is 7.60. The lowest BCUT2D eigenvalue weighted by Gasteiger charge is -2.18. The molecule has 3 rings (SSSR count). The molecule has 0 aliphatic carbocycles. The van der Waals surface area contributed by atoms with E-state index >= 15 is 0 Å². The molecule has 0 bridgehead atoms. The van der Waals surface area contributed by atoms with Crippen LogP contribution in [0.4, 0.5) is 11.5 Å². The van der Waals surface area contributed by atoms with E-state index in [2.05, 4.69) is 15.3 Å². The number of carboxylic acids is 1. The fourth-order valence-corrected chi connectivity index (χ4v) is 3.25. The summed E-state index contributed by atoms with van der Waals surface area (Å²) >= 11 is 0. The molecule has 0 aliphatic rings. The van der Waals surface area contributed by atoms with Crippen LogP contribution in [0.15, 0.2) is 60.7 Å². The molecule has 1 amide bonds. The number of nitrogens with zero attached hydrogens (tertiary/aromatic N) is 3. The maximum Gasteiger partial charge on any atom is 0.308 e. The van der Waals surface area contributed by atoms with Crippen LogP contribution < -0.4 is 10.2 Å². The van der Waals surface area contributed by atoms with Crippen molar-refractivity contribution >= 4 is 29.5 Å². The quantitative estimate of drug-likeness (QED) is 0.529. The van der Waals surface area contributed by atoms with Crippen molar-refractivity contribution in [1.82, 2.24) is 9.97 Å². The Morgan fingerprint density at radius 3 is 2.34 bits per heavy atom. The van der Waals surface area contributed by atoms with E-state index in [0.717, 1.165) is 11.1 Å². The van der Waals surface area contributed by atoms with Crippen molar-refractivity contribution < 1.29 is 14.7 Å². The summed E-state index contributed by atoms with van der Waals surface area (Å²) in [6.07, 6.45) is 3.64. The van der Waals surface area contributed by atoms with Gasteiger partial charge < -0.3 is 15.3 Å². The Bertz CT molecular complexity index is 1120. The van der Waals surface area contributed by atoms with Crippen LogP contribution in [0, 0.1) is 6.92 Å². The lowest BCUT2D eigenvalue weighted by atomic mass is 10.1. The molecule has 3 aromatic rings. The van der Waals surface area contributed by atoms with Gasteiger partial charge in [-0.05, 0) is 36.3 Å². The molecule has 0 fully saturated rings. The number of carbonyl (C=O) groups is 2. The number of amides is 1. The minimum atomic E-state index is -0.913. The molecular weight excluding hydrogens is 404 g/mol. The maximum atomic E-state index is 12.1. The summed E-state index contributed by atoms with van der Waals surface area (Å²) in [4.78, 5) is 34.2. The minimum Gasteiger partial charge on any atom is -0.481 e. The van der Waals surface area contributed by atoms with Gasteiger partial charge in [0, 0.05) is 43.5 Å². The molecule has 0 saturated heterocycles. The lowest BCUT2D eigenvalue weighted by molar-refractivity contribution is -0.136. The van der Waals surface area contributed by atoms with Crippen LogP contribution in [0.3, 0.4) is 0 Å². The molecule has 0 saturated carbocycles. The summed E-state index contributed by atoms with van der Waals surface area (Å²) in [5.74, 6) is 0.112. The fraction of sp³-hybridized carbons (Fsp3) is 0.200. The van der Waals surface area contributed by atoms with Crippen LogP contribution in [0.2, 0.25) is 0 Å². The Hall–Kier alpha value is -4.00. The van der Waals surface area contributed by atoms with E-state index < -0.39 is 5.97 Å². The van der Waals surface area contributed by atoms with Crippen molar-refractivity contribution in [3.63, 3.8) is 0 Å². The van der Waals surface area contributed by atoms with Gasteiger partial charge in [-0.2, -0.15) is 0 Å². The van der Waals surface area contributed by atoms with Gasteiger partial charge in [0.15, 0.2) is 0 Å². The van der Waals surface area contributed by atoms with Gasteiger partial charge in [0.2, 0.25) is 5.91 Å². The minimum absolute atomic E-state index is 0.118.